The normalized spacial score (nSPS) is 23.9. The number of carbonyl (C=O) groups is 1. The van der Waals surface area contributed by atoms with Crippen molar-refractivity contribution in [2.45, 2.75) is 40.0 Å². The molecule has 16 heavy (non-hydrogen) atoms. The van der Waals surface area contributed by atoms with Gasteiger partial charge < -0.3 is 0 Å². The van der Waals surface area contributed by atoms with Crippen LogP contribution in [0.25, 0.3) is 0 Å². The van der Waals surface area contributed by atoms with Crippen molar-refractivity contribution in [3.63, 3.8) is 0 Å². The van der Waals surface area contributed by atoms with E-state index in [1.54, 1.807) is 0 Å². The molecule has 0 saturated carbocycles. The fraction of sp³-hybridized carbons (Fsp3) is 0.917. The highest BCUT2D eigenvalue weighted by Gasteiger charge is 2.27. The zero-order valence-corrected chi connectivity index (χ0v) is 10.8. The van der Waals surface area contributed by atoms with Gasteiger partial charge in [0.25, 0.3) is 0 Å². The Labute approximate surface area is 98.5 Å². The zero-order valence-electron chi connectivity index (χ0n) is 10.8. The molecule has 0 aromatic rings. The summed E-state index contributed by atoms with van der Waals surface area (Å²) in [5, 5.41) is 0. The SMILES string of the molecule is CC(C)(C)C1CCCN(CC(=O)NN)CC1. The van der Waals surface area contributed by atoms with Crippen molar-refractivity contribution >= 4 is 5.91 Å². The summed E-state index contributed by atoms with van der Waals surface area (Å²) in [5.41, 5.74) is 2.57. The van der Waals surface area contributed by atoms with Gasteiger partial charge in [0.1, 0.15) is 0 Å². The summed E-state index contributed by atoms with van der Waals surface area (Å²) in [6.07, 6.45) is 3.63. The first-order valence-corrected chi connectivity index (χ1v) is 6.15. The summed E-state index contributed by atoms with van der Waals surface area (Å²) >= 11 is 0. The van der Waals surface area contributed by atoms with E-state index >= 15 is 0 Å². The summed E-state index contributed by atoms with van der Waals surface area (Å²) in [6, 6.07) is 0. The first kappa shape index (κ1) is 13.5. The van der Waals surface area contributed by atoms with E-state index in [1.165, 1.54) is 19.3 Å². The molecular weight excluding hydrogens is 202 g/mol. The Morgan fingerprint density at radius 3 is 2.62 bits per heavy atom. The number of likely N-dealkylation sites (tertiary alicyclic amines) is 1. The smallest absolute Gasteiger partial charge is 0.248 e. The number of carbonyl (C=O) groups excluding carboxylic acids is 1. The van der Waals surface area contributed by atoms with Crippen molar-refractivity contribution in [1.82, 2.24) is 10.3 Å². The summed E-state index contributed by atoms with van der Waals surface area (Å²) in [6.45, 7) is 9.38. The average Bonchev–Trinajstić information content (AvgIpc) is 2.42. The van der Waals surface area contributed by atoms with Gasteiger partial charge in [-0.3, -0.25) is 15.1 Å². The molecule has 1 unspecified atom stereocenters. The maximum atomic E-state index is 11.2. The first-order chi connectivity index (χ1) is 7.43. The second-order valence-corrected chi connectivity index (χ2v) is 5.84. The van der Waals surface area contributed by atoms with Crippen LogP contribution >= 0.6 is 0 Å². The zero-order chi connectivity index (χ0) is 12.2. The van der Waals surface area contributed by atoms with E-state index < -0.39 is 0 Å². The van der Waals surface area contributed by atoms with Gasteiger partial charge in [-0.25, -0.2) is 5.84 Å². The van der Waals surface area contributed by atoms with Crippen LogP contribution in [0.1, 0.15) is 40.0 Å². The van der Waals surface area contributed by atoms with Crippen molar-refractivity contribution in [1.29, 1.82) is 0 Å². The van der Waals surface area contributed by atoms with Gasteiger partial charge in [-0.2, -0.15) is 0 Å². The summed E-state index contributed by atoms with van der Waals surface area (Å²) in [7, 11) is 0. The molecule has 0 aromatic heterocycles. The molecule has 1 rings (SSSR count). The van der Waals surface area contributed by atoms with Gasteiger partial charge in [0.15, 0.2) is 0 Å². The second kappa shape index (κ2) is 5.64. The Balaban J connectivity index is 2.43. The Morgan fingerprint density at radius 2 is 2.06 bits per heavy atom. The number of nitrogens with zero attached hydrogens (tertiary/aromatic N) is 1. The van der Waals surface area contributed by atoms with Crippen molar-refractivity contribution in [3.05, 3.63) is 0 Å². The molecule has 94 valence electrons. The average molecular weight is 227 g/mol. The first-order valence-electron chi connectivity index (χ1n) is 6.15. The number of nitrogens with one attached hydrogen (secondary N) is 1. The fourth-order valence-electron chi connectivity index (χ4n) is 2.43. The Hall–Kier alpha value is -0.610. The van der Waals surface area contributed by atoms with Crippen LogP contribution in [0.5, 0.6) is 0 Å². The van der Waals surface area contributed by atoms with Gasteiger partial charge in [0.2, 0.25) is 5.91 Å². The van der Waals surface area contributed by atoms with Crippen molar-refractivity contribution < 1.29 is 4.79 Å². The third kappa shape index (κ3) is 4.10. The standard InChI is InChI=1S/C12H25N3O/c1-12(2,3)10-5-4-7-15(8-6-10)9-11(16)14-13/h10H,4-9,13H2,1-3H3,(H,14,16). The summed E-state index contributed by atoms with van der Waals surface area (Å²) in [5.74, 6) is 5.77. The molecule has 1 heterocycles. The number of amides is 1. The van der Waals surface area contributed by atoms with E-state index in [0.29, 0.717) is 12.0 Å². The topological polar surface area (TPSA) is 58.4 Å². The number of rotatable bonds is 2. The molecule has 1 fully saturated rings. The lowest BCUT2D eigenvalue weighted by Crippen LogP contribution is -2.40. The maximum Gasteiger partial charge on any atom is 0.248 e. The van der Waals surface area contributed by atoms with Gasteiger partial charge >= 0.3 is 0 Å². The molecule has 0 radical (unpaired) electrons. The van der Waals surface area contributed by atoms with Crippen LogP contribution in [0.3, 0.4) is 0 Å². The van der Waals surface area contributed by atoms with Gasteiger partial charge in [-0.15, -0.1) is 0 Å². The second-order valence-electron chi connectivity index (χ2n) is 5.84. The third-order valence-corrected chi connectivity index (χ3v) is 3.57. The quantitative estimate of drug-likeness (QED) is 0.422. The minimum absolute atomic E-state index is 0.0887. The van der Waals surface area contributed by atoms with Crippen LogP contribution in [-0.2, 0) is 4.79 Å². The minimum Gasteiger partial charge on any atom is -0.294 e. The van der Waals surface area contributed by atoms with Crippen LogP contribution in [0, 0.1) is 11.3 Å². The monoisotopic (exact) mass is 227 g/mol. The maximum absolute atomic E-state index is 11.2. The number of hydrogen-bond donors (Lipinski definition) is 2. The molecule has 1 saturated heterocycles. The van der Waals surface area contributed by atoms with Crippen molar-refractivity contribution in [3.8, 4) is 0 Å². The van der Waals surface area contributed by atoms with E-state index in [1.807, 2.05) is 0 Å². The molecule has 1 atom stereocenters. The molecule has 4 nitrogen and oxygen atoms in total. The van der Waals surface area contributed by atoms with Crippen LogP contribution in [-0.4, -0.2) is 30.4 Å². The van der Waals surface area contributed by atoms with Gasteiger partial charge in [-0.1, -0.05) is 20.8 Å². The molecule has 0 aliphatic carbocycles. The van der Waals surface area contributed by atoms with Crippen LogP contribution in [0.15, 0.2) is 0 Å². The van der Waals surface area contributed by atoms with E-state index in [4.69, 9.17) is 5.84 Å². The van der Waals surface area contributed by atoms with E-state index in [-0.39, 0.29) is 5.91 Å². The molecule has 1 aliphatic heterocycles. The van der Waals surface area contributed by atoms with Crippen LogP contribution in [0.2, 0.25) is 0 Å². The Morgan fingerprint density at radius 1 is 1.38 bits per heavy atom. The molecule has 1 amide bonds. The van der Waals surface area contributed by atoms with Gasteiger partial charge in [0.05, 0.1) is 6.54 Å². The van der Waals surface area contributed by atoms with E-state index in [0.717, 1.165) is 19.0 Å². The van der Waals surface area contributed by atoms with E-state index in [9.17, 15) is 4.79 Å². The van der Waals surface area contributed by atoms with Crippen LogP contribution in [0.4, 0.5) is 0 Å². The lowest BCUT2D eigenvalue weighted by atomic mass is 9.77. The van der Waals surface area contributed by atoms with Gasteiger partial charge in [0, 0.05) is 0 Å². The van der Waals surface area contributed by atoms with Crippen molar-refractivity contribution in [2.75, 3.05) is 19.6 Å². The number of hydrazine groups is 1. The highest BCUT2D eigenvalue weighted by Crippen LogP contribution is 2.34. The molecule has 1 aliphatic rings. The molecule has 0 aromatic carbocycles. The molecule has 3 N–H and O–H groups in total. The highest BCUT2D eigenvalue weighted by molar-refractivity contribution is 5.77. The lowest BCUT2D eigenvalue weighted by Gasteiger charge is -2.29. The molecule has 4 heteroatoms. The Kier molecular flexibility index (Phi) is 4.74. The van der Waals surface area contributed by atoms with Crippen LogP contribution < -0.4 is 11.3 Å². The summed E-state index contributed by atoms with van der Waals surface area (Å²) in [4.78, 5) is 13.4. The predicted octanol–water partition coefficient (Wildman–Crippen LogP) is 1.12. The third-order valence-electron chi connectivity index (χ3n) is 3.57. The molecule has 0 bridgehead atoms. The van der Waals surface area contributed by atoms with Crippen molar-refractivity contribution in [2.24, 2.45) is 17.2 Å². The largest absolute Gasteiger partial charge is 0.294 e. The predicted molar refractivity (Wildman–Crippen MR) is 65.6 cm³/mol. The summed E-state index contributed by atoms with van der Waals surface area (Å²) < 4.78 is 0. The van der Waals surface area contributed by atoms with Gasteiger partial charge in [-0.05, 0) is 43.7 Å². The van der Waals surface area contributed by atoms with E-state index in [2.05, 4.69) is 31.1 Å². The molecule has 0 spiro atoms. The fourth-order valence-corrected chi connectivity index (χ4v) is 2.43. The highest BCUT2D eigenvalue weighted by atomic mass is 16.2. The Bertz CT molecular complexity index is 235. The number of nitrogens with two attached hydrogens (primary N) is 1. The lowest BCUT2D eigenvalue weighted by molar-refractivity contribution is -0.122. The molecular formula is C12H25N3O. The number of hydrogen-bond acceptors (Lipinski definition) is 3. The minimum atomic E-state index is -0.0887.